The van der Waals surface area contributed by atoms with Gasteiger partial charge >= 0.3 is 0 Å². The molecule has 0 saturated heterocycles. The van der Waals surface area contributed by atoms with Crippen LogP contribution in [0.2, 0.25) is 0 Å². The summed E-state index contributed by atoms with van der Waals surface area (Å²) < 4.78 is 5.29. The number of ether oxygens (including phenoxy) is 1. The van der Waals surface area contributed by atoms with Crippen molar-refractivity contribution in [2.75, 3.05) is 18.5 Å². The number of hydrogen-bond donors (Lipinski definition) is 3. The number of aromatic amines is 1. The number of carbonyl (C=O) groups is 1. The van der Waals surface area contributed by atoms with Crippen molar-refractivity contribution in [1.29, 1.82) is 0 Å². The van der Waals surface area contributed by atoms with Crippen LogP contribution in [0.4, 0.5) is 5.69 Å². The lowest BCUT2D eigenvalue weighted by molar-refractivity contribution is -0.119. The molecule has 1 heterocycles. The fourth-order valence-corrected chi connectivity index (χ4v) is 2.34. The number of aliphatic hydroxyl groups excluding tert-OH is 1. The van der Waals surface area contributed by atoms with Gasteiger partial charge in [0.1, 0.15) is 12.4 Å². The maximum absolute atomic E-state index is 12.3. The Bertz CT molecular complexity index is 630. The third kappa shape index (κ3) is 4.56. The minimum absolute atomic E-state index is 0.0250. The number of aromatic nitrogens is 2. The van der Waals surface area contributed by atoms with Crippen molar-refractivity contribution in [2.24, 2.45) is 5.92 Å². The quantitative estimate of drug-likeness (QED) is 0.730. The number of nitrogens with one attached hydrogen (secondary N) is 2. The molecule has 0 spiro atoms. The molecule has 0 radical (unpaired) electrons. The van der Waals surface area contributed by atoms with Gasteiger partial charge in [0.25, 0.3) is 0 Å². The molecule has 0 bridgehead atoms. The number of aryl methyl sites for hydroxylation is 2. The fraction of sp³-hybridized carbons (Fsp3) is 0.412. The lowest BCUT2D eigenvalue weighted by Gasteiger charge is -2.13. The number of benzene rings is 1. The van der Waals surface area contributed by atoms with Crippen molar-refractivity contribution >= 4 is 11.6 Å². The molecule has 0 fully saturated rings. The van der Waals surface area contributed by atoms with Gasteiger partial charge in [0.2, 0.25) is 5.91 Å². The van der Waals surface area contributed by atoms with Gasteiger partial charge in [-0.25, -0.2) is 0 Å². The molecule has 0 aliphatic heterocycles. The molecule has 6 heteroatoms. The number of hydrogen-bond acceptors (Lipinski definition) is 4. The molecule has 0 aliphatic rings. The molecule has 0 saturated carbocycles. The molecule has 1 unspecified atom stereocenters. The number of rotatable bonds is 7. The number of anilines is 1. The molecule has 1 aromatic carbocycles. The second-order valence-electron chi connectivity index (χ2n) is 5.60. The Labute approximate surface area is 135 Å². The summed E-state index contributed by atoms with van der Waals surface area (Å²) in [7, 11) is 0. The molecule has 2 aromatic rings. The van der Waals surface area contributed by atoms with Crippen molar-refractivity contribution in [3.05, 3.63) is 41.2 Å². The molecule has 6 nitrogen and oxygen atoms in total. The second kappa shape index (κ2) is 7.78. The monoisotopic (exact) mass is 317 g/mol. The first-order chi connectivity index (χ1) is 11.0. The Balaban J connectivity index is 1.93. The minimum Gasteiger partial charge on any atom is -0.491 e. The van der Waals surface area contributed by atoms with E-state index in [4.69, 9.17) is 9.84 Å². The molecule has 124 valence electrons. The first-order valence-electron chi connectivity index (χ1n) is 7.66. The average Bonchev–Trinajstić information content (AvgIpc) is 2.86. The highest BCUT2D eigenvalue weighted by atomic mass is 16.5. The highest BCUT2D eigenvalue weighted by molar-refractivity contribution is 5.92. The second-order valence-corrected chi connectivity index (χ2v) is 5.60. The molecule has 1 atom stereocenters. The van der Waals surface area contributed by atoms with Crippen LogP contribution in [-0.2, 0) is 11.2 Å². The largest absolute Gasteiger partial charge is 0.491 e. The van der Waals surface area contributed by atoms with Crippen LogP contribution in [0.25, 0.3) is 0 Å². The van der Waals surface area contributed by atoms with Crippen LogP contribution in [0.15, 0.2) is 24.3 Å². The van der Waals surface area contributed by atoms with Crippen LogP contribution in [0.3, 0.4) is 0 Å². The maximum Gasteiger partial charge on any atom is 0.227 e. The van der Waals surface area contributed by atoms with Crippen molar-refractivity contribution in [3.8, 4) is 5.75 Å². The van der Waals surface area contributed by atoms with Gasteiger partial charge in [-0.1, -0.05) is 6.92 Å². The van der Waals surface area contributed by atoms with Gasteiger partial charge in [-0.2, -0.15) is 5.10 Å². The third-order valence-corrected chi connectivity index (χ3v) is 3.72. The van der Waals surface area contributed by atoms with E-state index in [9.17, 15) is 4.79 Å². The number of nitrogens with zero attached hydrogens (tertiary/aromatic N) is 1. The molecule has 2 rings (SSSR count). The summed E-state index contributed by atoms with van der Waals surface area (Å²) in [5.41, 5.74) is 3.76. The summed E-state index contributed by atoms with van der Waals surface area (Å²) >= 11 is 0. The molecule has 1 amide bonds. The van der Waals surface area contributed by atoms with E-state index in [-0.39, 0.29) is 25.0 Å². The first-order valence-corrected chi connectivity index (χ1v) is 7.66. The summed E-state index contributed by atoms with van der Waals surface area (Å²) in [4.78, 5) is 12.3. The van der Waals surface area contributed by atoms with Crippen molar-refractivity contribution < 1.29 is 14.6 Å². The predicted octanol–water partition coefficient (Wildman–Crippen LogP) is 2.21. The zero-order valence-corrected chi connectivity index (χ0v) is 13.7. The van der Waals surface area contributed by atoms with Gasteiger partial charge in [0, 0.05) is 17.3 Å². The van der Waals surface area contributed by atoms with Gasteiger partial charge in [-0.05, 0) is 50.1 Å². The molecule has 1 aromatic heterocycles. The SMILES string of the molecule is Cc1n[nH]c(C)c1CC(C)C(=O)Nc1ccc(OCCO)cc1. The lowest BCUT2D eigenvalue weighted by Crippen LogP contribution is -2.22. The van der Waals surface area contributed by atoms with Crippen LogP contribution >= 0.6 is 0 Å². The Morgan fingerprint density at radius 2 is 2.04 bits per heavy atom. The average molecular weight is 317 g/mol. The van der Waals surface area contributed by atoms with Crippen molar-refractivity contribution in [3.63, 3.8) is 0 Å². The number of amides is 1. The summed E-state index contributed by atoms with van der Waals surface area (Å²) in [6.07, 6.45) is 0.650. The highest BCUT2D eigenvalue weighted by Crippen LogP contribution is 2.19. The van der Waals surface area contributed by atoms with Crippen LogP contribution in [-0.4, -0.2) is 34.4 Å². The predicted molar refractivity (Wildman–Crippen MR) is 88.6 cm³/mol. The highest BCUT2D eigenvalue weighted by Gasteiger charge is 2.17. The number of H-pyrrole nitrogens is 1. The van der Waals surface area contributed by atoms with Gasteiger partial charge in [0.15, 0.2) is 0 Å². The van der Waals surface area contributed by atoms with Crippen molar-refractivity contribution in [1.82, 2.24) is 10.2 Å². The molecule has 23 heavy (non-hydrogen) atoms. The van der Waals surface area contributed by atoms with E-state index in [0.717, 1.165) is 22.6 Å². The third-order valence-electron chi connectivity index (χ3n) is 3.72. The Hall–Kier alpha value is -2.34. The summed E-state index contributed by atoms with van der Waals surface area (Å²) in [5, 5.41) is 18.7. The Kier molecular flexibility index (Phi) is 5.76. The van der Waals surface area contributed by atoms with E-state index < -0.39 is 0 Å². The molecular weight excluding hydrogens is 294 g/mol. The van der Waals surface area contributed by atoms with Gasteiger partial charge in [-0.15, -0.1) is 0 Å². The number of carbonyl (C=O) groups excluding carboxylic acids is 1. The molecule has 3 N–H and O–H groups in total. The van der Waals surface area contributed by atoms with Gasteiger partial charge < -0.3 is 15.2 Å². The molecule has 0 aliphatic carbocycles. The standard InChI is InChI=1S/C17H23N3O3/c1-11(10-16-12(2)19-20-13(16)3)17(22)18-14-4-6-15(7-5-14)23-9-8-21/h4-7,11,21H,8-10H2,1-3H3,(H,18,22)(H,19,20). The minimum atomic E-state index is -0.157. The lowest BCUT2D eigenvalue weighted by atomic mass is 9.99. The summed E-state index contributed by atoms with van der Waals surface area (Å²) in [6, 6.07) is 7.10. The first kappa shape index (κ1) is 17.0. The molecular formula is C17H23N3O3. The van der Waals surface area contributed by atoms with E-state index >= 15 is 0 Å². The van der Waals surface area contributed by atoms with Gasteiger partial charge in [0.05, 0.1) is 12.3 Å². The maximum atomic E-state index is 12.3. The Morgan fingerprint density at radius 3 is 2.61 bits per heavy atom. The summed E-state index contributed by atoms with van der Waals surface area (Å²) in [5.74, 6) is 0.471. The van der Waals surface area contributed by atoms with E-state index in [1.54, 1.807) is 24.3 Å². The van der Waals surface area contributed by atoms with E-state index in [1.165, 1.54) is 0 Å². The van der Waals surface area contributed by atoms with E-state index in [0.29, 0.717) is 12.2 Å². The Morgan fingerprint density at radius 1 is 1.35 bits per heavy atom. The number of aliphatic hydroxyl groups is 1. The van der Waals surface area contributed by atoms with Gasteiger partial charge in [-0.3, -0.25) is 9.89 Å². The van der Waals surface area contributed by atoms with E-state index in [1.807, 2.05) is 20.8 Å². The summed E-state index contributed by atoms with van der Waals surface area (Å²) in [6.45, 7) is 6.04. The van der Waals surface area contributed by atoms with E-state index in [2.05, 4.69) is 15.5 Å². The zero-order valence-electron chi connectivity index (χ0n) is 13.7. The van der Waals surface area contributed by atoms with Crippen molar-refractivity contribution in [2.45, 2.75) is 27.2 Å². The van der Waals surface area contributed by atoms with Crippen LogP contribution in [0, 0.1) is 19.8 Å². The zero-order chi connectivity index (χ0) is 16.8. The normalized spacial score (nSPS) is 12.0. The van der Waals surface area contributed by atoms with Crippen LogP contribution in [0.5, 0.6) is 5.75 Å². The van der Waals surface area contributed by atoms with Crippen LogP contribution < -0.4 is 10.1 Å². The smallest absolute Gasteiger partial charge is 0.227 e. The van der Waals surface area contributed by atoms with Crippen LogP contribution in [0.1, 0.15) is 23.9 Å². The fourth-order valence-electron chi connectivity index (χ4n) is 2.34. The topological polar surface area (TPSA) is 87.2 Å².